The molecule has 2 aromatic carbocycles. The van der Waals surface area contributed by atoms with Gasteiger partial charge in [0.15, 0.2) is 11.5 Å². The van der Waals surface area contributed by atoms with Gasteiger partial charge in [-0.1, -0.05) is 45.4 Å². The van der Waals surface area contributed by atoms with Crippen molar-refractivity contribution in [1.29, 1.82) is 0 Å². The van der Waals surface area contributed by atoms with Crippen LogP contribution in [0.2, 0.25) is 0 Å². The summed E-state index contributed by atoms with van der Waals surface area (Å²) >= 11 is 3.35. The van der Waals surface area contributed by atoms with E-state index in [0.29, 0.717) is 11.3 Å². The molecule has 1 N–H and O–H groups in total. The number of likely N-dealkylation sites (N-methyl/N-ethyl adjacent to an activating group) is 1. The van der Waals surface area contributed by atoms with E-state index in [-0.39, 0.29) is 12.2 Å². The van der Waals surface area contributed by atoms with Crippen LogP contribution in [0.25, 0.3) is 11.3 Å². The average molecular weight is 482 g/mol. The van der Waals surface area contributed by atoms with E-state index in [2.05, 4.69) is 26.4 Å². The quantitative estimate of drug-likeness (QED) is 0.528. The van der Waals surface area contributed by atoms with Gasteiger partial charge in [-0.25, -0.2) is 0 Å². The highest BCUT2D eigenvalue weighted by Crippen LogP contribution is 2.31. The Labute approximate surface area is 180 Å². The van der Waals surface area contributed by atoms with Crippen LogP contribution in [0.1, 0.15) is 27.7 Å². The fourth-order valence-corrected chi connectivity index (χ4v) is 3.20. The van der Waals surface area contributed by atoms with Crippen molar-refractivity contribution < 1.29 is 22.5 Å². The maximum atomic E-state index is 13.0. The number of aromatic nitrogens is 1. The van der Waals surface area contributed by atoms with Crippen LogP contribution in [0.15, 0.2) is 63.6 Å². The normalized spacial score (nSPS) is 12.8. The summed E-state index contributed by atoms with van der Waals surface area (Å²) in [5.74, 6) is -0.0318. The van der Waals surface area contributed by atoms with Crippen LogP contribution in [0.3, 0.4) is 0 Å². The smallest absolute Gasteiger partial charge is 0.355 e. The maximum Gasteiger partial charge on any atom is 0.416 e. The molecule has 1 aromatic heterocycles. The minimum Gasteiger partial charge on any atom is -0.355 e. The number of nitrogens with zero attached hydrogens (tertiary/aromatic N) is 2. The van der Waals surface area contributed by atoms with Gasteiger partial charge in [0.05, 0.1) is 11.6 Å². The first-order chi connectivity index (χ1) is 14.1. The molecule has 5 nitrogen and oxygen atoms in total. The van der Waals surface area contributed by atoms with Crippen molar-refractivity contribution in [1.82, 2.24) is 15.4 Å². The van der Waals surface area contributed by atoms with Gasteiger partial charge in [-0.15, -0.1) is 0 Å². The van der Waals surface area contributed by atoms with Crippen molar-refractivity contribution in [2.24, 2.45) is 0 Å². The van der Waals surface area contributed by atoms with Crippen molar-refractivity contribution in [2.45, 2.75) is 12.2 Å². The monoisotopic (exact) mass is 481 g/mol. The van der Waals surface area contributed by atoms with Gasteiger partial charge in [0, 0.05) is 22.6 Å². The van der Waals surface area contributed by atoms with E-state index < -0.39 is 23.7 Å². The van der Waals surface area contributed by atoms with Gasteiger partial charge >= 0.3 is 6.18 Å². The second-order valence-corrected chi connectivity index (χ2v) is 7.81. The fraction of sp³-hybridized carbons (Fsp3) is 0.238. The minimum absolute atomic E-state index is 0.0921. The third-order valence-corrected chi connectivity index (χ3v) is 5.08. The van der Waals surface area contributed by atoms with Crippen molar-refractivity contribution in [3.8, 4) is 11.3 Å². The Morgan fingerprint density at radius 2 is 1.87 bits per heavy atom. The fourth-order valence-electron chi connectivity index (χ4n) is 2.93. The molecule has 3 rings (SSSR count). The average Bonchev–Trinajstić information content (AvgIpc) is 3.18. The van der Waals surface area contributed by atoms with Gasteiger partial charge in [0.1, 0.15) is 0 Å². The highest BCUT2D eigenvalue weighted by Gasteiger charge is 2.31. The summed E-state index contributed by atoms with van der Waals surface area (Å²) in [4.78, 5) is 14.2. The summed E-state index contributed by atoms with van der Waals surface area (Å²) < 4.78 is 45.2. The van der Waals surface area contributed by atoms with E-state index in [1.165, 1.54) is 12.1 Å². The third-order valence-electron chi connectivity index (χ3n) is 4.55. The third kappa shape index (κ3) is 5.28. The number of carbonyl (C=O) groups is 1. The molecule has 0 radical (unpaired) electrons. The maximum absolute atomic E-state index is 13.0. The molecule has 1 heterocycles. The Bertz CT molecular complexity index is 1020. The number of rotatable bonds is 6. The Hall–Kier alpha value is -2.65. The minimum atomic E-state index is -4.43. The second-order valence-electron chi connectivity index (χ2n) is 6.90. The molecule has 1 unspecified atom stereocenters. The lowest BCUT2D eigenvalue weighted by Crippen LogP contribution is -2.34. The Morgan fingerprint density at radius 1 is 1.17 bits per heavy atom. The lowest BCUT2D eigenvalue weighted by atomic mass is 10.0. The number of hydrogen-bond acceptors (Lipinski definition) is 4. The molecule has 1 amide bonds. The molecule has 0 aliphatic carbocycles. The Kier molecular flexibility index (Phi) is 6.62. The zero-order valence-electron chi connectivity index (χ0n) is 16.2. The van der Waals surface area contributed by atoms with Crippen LogP contribution in [-0.4, -0.2) is 36.6 Å². The molecule has 9 heteroatoms. The number of carbonyl (C=O) groups excluding carboxylic acids is 1. The molecule has 30 heavy (non-hydrogen) atoms. The molecule has 0 bridgehead atoms. The molecule has 0 fully saturated rings. The standard InChI is InChI=1S/C21H19BrF3N3O2/c1-28(2)18(14-4-3-5-15(10-14)21(23,24)25)12-26-20(29)17-11-19(30-27-17)13-6-8-16(22)9-7-13/h3-11,18H,12H2,1-2H3,(H,26,29). The van der Waals surface area contributed by atoms with E-state index >= 15 is 0 Å². The van der Waals surface area contributed by atoms with Crippen LogP contribution < -0.4 is 5.32 Å². The molecule has 0 saturated heterocycles. The first-order valence-corrected chi connectivity index (χ1v) is 9.79. The molecule has 3 aromatic rings. The van der Waals surface area contributed by atoms with Crippen LogP contribution in [0.4, 0.5) is 13.2 Å². The number of halogens is 4. The number of hydrogen-bond donors (Lipinski definition) is 1. The van der Waals surface area contributed by atoms with E-state index in [9.17, 15) is 18.0 Å². The summed E-state index contributed by atoms with van der Waals surface area (Å²) in [5.41, 5.74) is 0.578. The topological polar surface area (TPSA) is 58.4 Å². The van der Waals surface area contributed by atoms with Crippen molar-refractivity contribution in [3.63, 3.8) is 0 Å². The number of amides is 1. The summed E-state index contributed by atoms with van der Waals surface area (Å²) in [6.07, 6.45) is -4.43. The lowest BCUT2D eigenvalue weighted by Gasteiger charge is -2.25. The van der Waals surface area contributed by atoms with Gasteiger partial charge in [0.2, 0.25) is 0 Å². The highest BCUT2D eigenvalue weighted by molar-refractivity contribution is 9.10. The number of alkyl halides is 3. The molecule has 1 atom stereocenters. The molecule has 0 spiro atoms. The van der Waals surface area contributed by atoms with Crippen LogP contribution >= 0.6 is 15.9 Å². The first kappa shape index (κ1) is 22.0. The lowest BCUT2D eigenvalue weighted by molar-refractivity contribution is -0.137. The van der Waals surface area contributed by atoms with Crippen molar-refractivity contribution in [3.05, 3.63) is 75.9 Å². The molecule has 0 aliphatic heterocycles. The summed E-state index contributed by atoms with van der Waals surface area (Å²) in [5, 5.41) is 6.51. The predicted octanol–water partition coefficient (Wildman–Crippen LogP) is 5.16. The van der Waals surface area contributed by atoms with Gasteiger partial charge in [0.25, 0.3) is 5.91 Å². The number of nitrogens with one attached hydrogen (secondary N) is 1. The largest absolute Gasteiger partial charge is 0.416 e. The molecule has 0 aliphatic rings. The summed E-state index contributed by atoms with van der Waals surface area (Å²) in [6.45, 7) is 0.105. The van der Waals surface area contributed by atoms with E-state index in [0.717, 1.165) is 22.2 Å². The zero-order valence-corrected chi connectivity index (χ0v) is 17.8. The molecular weight excluding hydrogens is 463 g/mol. The SMILES string of the molecule is CN(C)C(CNC(=O)c1cc(-c2ccc(Br)cc2)on1)c1cccc(C(F)(F)F)c1. The molecular formula is C21H19BrF3N3O2. The van der Waals surface area contributed by atoms with Crippen LogP contribution in [0.5, 0.6) is 0 Å². The van der Waals surface area contributed by atoms with E-state index in [1.807, 2.05) is 24.3 Å². The summed E-state index contributed by atoms with van der Waals surface area (Å²) in [6, 6.07) is 13.5. The van der Waals surface area contributed by atoms with Gasteiger partial charge in [-0.05, 0) is 43.9 Å². The Morgan fingerprint density at radius 3 is 2.50 bits per heavy atom. The van der Waals surface area contributed by atoms with E-state index in [1.54, 1.807) is 25.1 Å². The van der Waals surface area contributed by atoms with Gasteiger partial charge in [-0.3, -0.25) is 4.79 Å². The van der Waals surface area contributed by atoms with Crippen LogP contribution in [-0.2, 0) is 6.18 Å². The van der Waals surface area contributed by atoms with Gasteiger partial charge in [-0.2, -0.15) is 13.2 Å². The first-order valence-electron chi connectivity index (χ1n) is 8.99. The van der Waals surface area contributed by atoms with Crippen molar-refractivity contribution in [2.75, 3.05) is 20.6 Å². The Balaban J connectivity index is 1.71. The second kappa shape index (κ2) is 9.01. The zero-order chi connectivity index (χ0) is 21.9. The molecule has 0 saturated carbocycles. The predicted molar refractivity (Wildman–Crippen MR) is 110 cm³/mol. The van der Waals surface area contributed by atoms with Crippen LogP contribution in [0, 0.1) is 0 Å². The highest BCUT2D eigenvalue weighted by atomic mass is 79.9. The summed E-state index contributed by atoms with van der Waals surface area (Å²) in [7, 11) is 3.47. The van der Waals surface area contributed by atoms with Crippen molar-refractivity contribution >= 4 is 21.8 Å². The molecule has 158 valence electrons. The van der Waals surface area contributed by atoms with Gasteiger partial charge < -0.3 is 14.7 Å². The number of benzene rings is 2. The van der Waals surface area contributed by atoms with E-state index in [4.69, 9.17) is 4.52 Å².